The van der Waals surface area contributed by atoms with E-state index >= 15 is 0 Å². The summed E-state index contributed by atoms with van der Waals surface area (Å²) < 4.78 is 42.2. The van der Waals surface area contributed by atoms with Crippen LogP contribution in [0.4, 0.5) is 0 Å². The van der Waals surface area contributed by atoms with Crippen molar-refractivity contribution in [3.05, 3.63) is 24.3 Å². The van der Waals surface area contributed by atoms with Gasteiger partial charge in [0.2, 0.25) is 0 Å². The quantitative estimate of drug-likeness (QED) is 0.109. The Morgan fingerprint density at radius 1 is 0.562 bits per heavy atom. The van der Waals surface area contributed by atoms with Crippen LogP contribution in [-0.2, 0) is 47.5 Å². The molecule has 32 heavy (non-hydrogen) atoms. The number of hydrogen-bond donors (Lipinski definition) is 0. The van der Waals surface area contributed by atoms with Crippen LogP contribution in [0, 0.1) is 0 Å². The molecule has 0 rings (SSSR count). The first kappa shape index (κ1) is 30.2. The molecular weight excluding hydrogens is 424 g/mol. The van der Waals surface area contributed by atoms with Crippen molar-refractivity contribution in [1.82, 2.24) is 0 Å². The van der Waals surface area contributed by atoms with Crippen molar-refractivity contribution in [1.29, 1.82) is 0 Å². The Bertz CT molecular complexity index is 501. The molecule has 0 aliphatic rings. The van der Waals surface area contributed by atoms with Crippen molar-refractivity contribution < 1.29 is 47.5 Å². The summed E-state index contributed by atoms with van der Waals surface area (Å²) in [5.74, 6) is -0.878. The van der Waals surface area contributed by atoms with E-state index in [-0.39, 0.29) is 26.4 Å². The predicted octanol–water partition coefficient (Wildman–Crippen LogP) is 2.02. The van der Waals surface area contributed by atoms with E-state index in [1.165, 1.54) is 0 Å². The Morgan fingerprint density at radius 3 is 1.16 bits per heavy atom. The molecule has 0 N–H and O–H groups in total. The highest BCUT2D eigenvalue weighted by atomic mass is 16.7. The molecule has 0 amide bonds. The third kappa shape index (κ3) is 18.9. The molecule has 10 nitrogen and oxygen atoms in total. The number of ether oxygens (including phenoxy) is 8. The third-order valence-corrected chi connectivity index (χ3v) is 3.57. The molecule has 2 atom stereocenters. The van der Waals surface area contributed by atoms with Gasteiger partial charge >= 0.3 is 11.9 Å². The molecule has 0 heterocycles. The fraction of sp³-hybridized carbons (Fsp3) is 0.727. The van der Waals surface area contributed by atoms with Crippen LogP contribution < -0.4 is 0 Å². The molecule has 0 saturated heterocycles. The molecule has 0 saturated carbocycles. The highest BCUT2D eigenvalue weighted by molar-refractivity contribution is 5.87. The maximum atomic E-state index is 11.2. The zero-order chi connectivity index (χ0) is 24.2. The van der Waals surface area contributed by atoms with E-state index in [2.05, 4.69) is 13.2 Å². The van der Waals surface area contributed by atoms with Crippen LogP contribution in [0.3, 0.4) is 0 Å². The molecular formula is C22H38O10. The van der Waals surface area contributed by atoms with E-state index in [0.29, 0.717) is 50.8 Å². The van der Waals surface area contributed by atoms with Crippen molar-refractivity contribution in [2.45, 2.75) is 40.3 Å². The molecule has 0 aromatic rings. The highest BCUT2D eigenvalue weighted by Gasteiger charge is 2.06. The Labute approximate surface area is 190 Å². The zero-order valence-electron chi connectivity index (χ0n) is 19.7. The molecule has 0 aliphatic heterocycles. The monoisotopic (exact) mass is 462 g/mol. The third-order valence-electron chi connectivity index (χ3n) is 3.57. The van der Waals surface area contributed by atoms with Crippen molar-refractivity contribution in [2.24, 2.45) is 0 Å². The van der Waals surface area contributed by atoms with E-state index in [1.54, 1.807) is 27.7 Å². The zero-order valence-corrected chi connectivity index (χ0v) is 19.7. The second-order valence-corrected chi connectivity index (χ2v) is 6.68. The van der Waals surface area contributed by atoms with Crippen LogP contribution >= 0.6 is 0 Å². The fourth-order valence-electron chi connectivity index (χ4n) is 1.91. The van der Waals surface area contributed by atoms with Gasteiger partial charge in [-0.3, -0.25) is 0 Å². The lowest BCUT2D eigenvalue weighted by molar-refractivity contribution is -0.159. The van der Waals surface area contributed by atoms with Gasteiger partial charge in [0.15, 0.2) is 12.6 Å². The summed E-state index contributed by atoms with van der Waals surface area (Å²) >= 11 is 0. The molecule has 0 bridgehead atoms. The molecule has 10 heteroatoms. The normalized spacial score (nSPS) is 12.8. The number of carbonyl (C=O) groups is 2. The Hall–Kier alpha value is -1.82. The van der Waals surface area contributed by atoms with Crippen molar-refractivity contribution >= 4 is 11.9 Å². The molecule has 0 aromatic carbocycles. The van der Waals surface area contributed by atoms with E-state index in [4.69, 9.17) is 37.9 Å². The molecule has 186 valence electrons. The van der Waals surface area contributed by atoms with Gasteiger partial charge in [-0.1, -0.05) is 13.2 Å². The minimum atomic E-state index is -0.439. The largest absolute Gasteiger partial charge is 0.460 e. The maximum absolute atomic E-state index is 11.2. The number of esters is 2. The summed E-state index contributed by atoms with van der Waals surface area (Å²) in [6.45, 7) is 16.8. The summed E-state index contributed by atoms with van der Waals surface area (Å²) in [4.78, 5) is 22.4. The van der Waals surface area contributed by atoms with Crippen LogP contribution in [0.2, 0.25) is 0 Å². The first-order valence-electron chi connectivity index (χ1n) is 10.5. The second-order valence-electron chi connectivity index (χ2n) is 6.68. The van der Waals surface area contributed by atoms with Gasteiger partial charge in [0.05, 0.1) is 52.9 Å². The SMILES string of the molecule is C=C(C)C(=O)OCCOC(C)OCCOCCOCCOC(C)OCCOC(=O)C(=C)C. The summed E-state index contributed by atoms with van der Waals surface area (Å²) in [7, 11) is 0. The lowest BCUT2D eigenvalue weighted by Gasteiger charge is -2.15. The van der Waals surface area contributed by atoms with Crippen LogP contribution in [0.1, 0.15) is 27.7 Å². The van der Waals surface area contributed by atoms with Crippen LogP contribution in [-0.4, -0.2) is 90.6 Å². The average molecular weight is 463 g/mol. The Balaban J connectivity index is 3.38. The topological polar surface area (TPSA) is 108 Å². The van der Waals surface area contributed by atoms with E-state index in [1.807, 2.05) is 0 Å². The van der Waals surface area contributed by atoms with E-state index < -0.39 is 24.5 Å². The summed E-state index contributed by atoms with van der Waals surface area (Å²) in [5, 5.41) is 0. The van der Waals surface area contributed by atoms with E-state index in [0.717, 1.165) is 0 Å². The van der Waals surface area contributed by atoms with Gasteiger partial charge in [0.1, 0.15) is 13.2 Å². The van der Waals surface area contributed by atoms with Gasteiger partial charge in [-0.25, -0.2) is 9.59 Å². The van der Waals surface area contributed by atoms with Crippen molar-refractivity contribution in [3.8, 4) is 0 Å². The molecule has 0 aromatic heterocycles. The average Bonchev–Trinajstić information content (AvgIpc) is 2.74. The first-order valence-corrected chi connectivity index (χ1v) is 10.5. The lowest BCUT2D eigenvalue weighted by atomic mass is 10.4. The summed E-state index contributed by atoms with van der Waals surface area (Å²) in [5.41, 5.74) is 0.699. The maximum Gasteiger partial charge on any atom is 0.333 e. The second kappa shape index (κ2) is 19.8. The Morgan fingerprint density at radius 2 is 0.844 bits per heavy atom. The van der Waals surface area contributed by atoms with Crippen molar-refractivity contribution in [3.63, 3.8) is 0 Å². The van der Waals surface area contributed by atoms with Gasteiger partial charge in [0, 0.05) is 11.1 Å². The predicted molar refractivity (Wildman–Crippen MR) is 116 cm³/mol. The Kier molecular flexibility index (Phi) is 18.7. The van der Waals surface area contributed by atoms with Crippen LogP contribution in [0.5, 0.6) is 0 Å². The van der Waals surface area contributed by atoms with Crippen LogP contribution in [0.25, 0.3) is 0 Å². The number of carbonyl (C=O) groups excluding carboxylic acids is 2. The van der Waals surface area contributed by atoms with Gasteiger partial charge in [-0.15, -0.1) is 0 Å². The van der Waals surface area contributed by atoms with Crippen molar-refractivity contribution in [2.75, 3.05) is 66.1 Å². The first-order chi connectivity index (χ1) is 15.2. The molecule has 2 unspecified atom stereocenters. The minimum Gasteiger partial charge on any atom is -0.460 e. The van der Waals surface area contributed by atoms with Gasteiger partial charge in [-0.05, 0) is 27.7 Å². The molecule has 0 fully saturated rings. The van der Waals surface area contributed by atoms with Gasteiger partial charge in [-0.2, -0.15) is 0 Å². The lowest BCUT2D eigenvalue weighted by Crippen LogP contribution is -2.21. The number of hydrogen-bond acceptors (Lipinski definition) is 10. The molecule has 0 radical (unpaired) electrons. The number of rotatable bonds is 21. The highest BCUT2D eigenvalue weighted by Crippen LogP contribution is 1.97. The summed E-state index contributed by atoms with van der Waals surface area (Å²) in [6.07, 6.45) is -0.865. The van der Waals surface area contributed by atoms with Gasteiger partial charge < -0.3 is 37.9 Å². The molecule has 0 spiro atoms. The fourth-order valence-corrected chi connectivity index (χ4v) is 1.91. The standard InChI is InChI=1S/C22H38O10/c1-17(2)21(23)31-15-13-29-19(5)27-11-9-25-7-8-26-10-12-28-20(6)30-14-16-32-22(24)18(3)4/h19-20H,1,3,7-16H2,2,4-6H3. The smallest absolute Gasteiger partial charge is 0.333 e. The van der Waals surface area contributed by atoms with Gasteiger partial charge in [0.25, 0.3) is 0 Å². The van der Waals surface area contributed by atoms with Crippen LogP contribution in [0.15, 0.2) is 24.3 Å². The molecule has 0 aliphatic carbocycles. The van der Waals surface area contributed by atoms with E-state index in [9.17, 15) is 9.59 Å². The summed E-state index contributed by atoms with van der Waals surface area (Å²) in [6, 6.07) is 0. The minimum absolute atomic E-state index is 0.146.